The molecule has 5 heteroatoms. The third-order valence-corrected chi connectivity index (χ3v) is 1.72. The molecule has 0 fully saturated rings. The maximum absolute atomic E-state index is 8.29. The Balaban J connectivity index is 3.05. The summed E-state index contributed by atoms with van der Waals surface area (Å²) in [4.78, 5) is 3.98. The number of aliphatic imine (C=N–C) groups is 1. The molecule has 2 N–H and O–H groups in total. The molecule has 0 bridgehead atoms. The molecule has 0 unspecified atom stereocenters. The summed E-state index contributed by atoms with van der Waals surface area (Å²) < 4.78 is 1.75. The van der Waals surface area contributed by atoms with E-state index in [0.717, 1.165) is 17.1 Å². The number of aryl methyl sites for hydroxylation is 2. The molecule has 0 aliphatic rings. The average Bonchev–Trinajstić information content (AvgIpc) is 2.25. The lowest BCUT2D eigenvalue weighted by Gasteiger charge is -1.93. The number of hydrogen-bond acceptors (Lipinski definition) is 3. The van der Waals surface area contributed by atoms with Crippen LogP contribution in [0, 0.1) is 13.8 Å². The van der Waals surface area contributed by atoms with Crippen molar-refractivity contribution >= 4 is 12.0 Å². The molecular formula is C7H12N4O. The van der Waals surface area contributed by atoms with Gasteiger partial charge in [-0.3, -0.25) is 15.4 Å². The predicted octanol–water partition coefficient (Wildman–Crippen LogP) is 0.676. The van der Waals surface area contributed by atoms with Gasteiger partial charge in [0.1, 0.15) is 12.0 Å². The number of nitrogens with zero attached hydrogens (tertiary/aromatic N) is 3. The molecule has 1 aromatic rings. The van der Waals surface area contributed by atoms with E-state index in [0.29, 0.717) is 0 Å². The maximum Gasteiger partial charge on any atom is 0.113 e. The van der Waals surface area contributed by atoms with Crippen molar-refractivity contribution < 1.29 is 5.21 Å². The fraction of sp³-hybridized carbons (Fsp3) is 0.429. The zero-order chi connectivity index (χ0) is 9.14. The van der Waals surface area contributed by atoms with E-state index in [1.54, 1.807) is 4.68 Å². The van der Waals surface area contributed by atoms with Crippen molar-refractivity contribution in [2.75, 3.05) is 0 Å². The Hall–Kier alpha value is -1.36. The first-order valence-corrected chi connectivity index (χ1v) is 3.59. The van der Waals surface area contributed by atoms with E-state index in [9.17, 15) is 0 Å². The van der Waals surface area contributed by atoms with Crippen molar-refractivity contribution in [1.29, 1.82) is 0 Å². The Morgan fingerprint density at radius 2 is 2.25 bits per heavy atom. The Morgan fingerprint density at radius 3 is 2.67 bits per heavy atom. The van der Waals surface area contributed by atoms with Gasteiger partial charge in [0.2, 0.25) is 0 Å². The molecule has 1 rings (SSSR count). The third kappa shape index (κ3) is 1.45. The summed E-state index contributed by atoms with van der Waals surface area (Å²) in [7, 11) is 1.85. The van der Waals surface area contributed by atoms with Crippen molar-refractivity contribution in [2.24, 2.45) is 12.0 Å². The van der Waals surface area contributed by atoms with Crippen LogP contribution in [0.15, 0.2) is 4.99 Å². The zero-order valence-electron chi connectivity index (χ0n) is 7.37. The van der Waals surface area contributed by atoms with Gasteiger partial charge in [0.25, 0.3) is 0 Å². The van der Waals surface area contributed by atoms with Gasteiger partial charge in [-0.15, -0.1) is 0 Å². The highest BCUT2D eigenvalue weighted by atomic mass is 16.5. The van der Waals surface area contributed by atoms with Crippen LogP contribution in [0.5, 0.6) is 0 Å². The number of aromatic nitrogens is 2. The van der Waals surface area contributed by atoms with Crippen molar-refractivity contribution in [1.82, 2.24) is 15.3 Å². The van der Waals surface area contributed by atoms with Gasteiger partial charge < -0.3 is 0 Å². The quantitative estimate of drug-likeness (QED) is 0.387. The molecule has 0 aromatic carbocycles. The first kappa shape index (κ1) is 8.73. The first-order valence-electron chi connectivity index (χ1n) is 3.59. The minimum atomic E-state index is 0.791. The van der Waals surface area contributed by atoms with Gasteiger partial charge in [-0.05, 0) is 13.8 Å². The second kappa shape index (κ2) is 3.36. The molecular weight excluding hydrogens is 156 g/mol. The van der Waals surface area contributed by atoms with E-state index < -0.39 is 0 Å². The fourth-order valence-electron chi connectivity index (χ4n) is 1.04. The molecule has 0 aliphatic heterocycles. The Kier molecular flexibility index (Phi) is 2.44. The molecule has 1 aromatic heterocycles. The van der Waals surface area contributed by atoms with Gasteiger partial charge in [0.05, 0.1) is 11.4 Å². The second-order valence-corrected chi connectivity index (χ2v) is 2.53. The normalized spacial score (nSPS) is 11.0. The molecule has 12 heavy (non-hydrogen) atoms. The molecule has 1 heterocycles. The van der Waals surface area contributed by atoms with E-state index in [-0.39, 0.29) is 0 Å². The topological polar surface area (TPSA) is 62.4 Å². The number of hydroxylamine groups is 1. The largest absolute Gasteiger partial charge is 0.290 e. The molecule has 66 valence electrons. The SMILES string of the molecule is Cc1nn(C)c(C)c1N=CNO. The summed E-state index contributed by atoms with van der Waals surface area (Å²) in [6, 6.07) is 0. The lowest BCUT2D eigenvalue weighted by molar-refractivity contribution is 0.240. The summed E-state index contributed by atoms with van der Waals surface area (Å²) in [6.45, 7) is 3.79. The van der Waals surface area contributed by atoms with Crippen molar-refractivity contribution in [3.05, 3.63) is 11.4 Å². The summed E-state index contributed by atoms with van der Waals surface area (Å²) in [6.07, 6.45) is 1.22. The van der Waals surface area contributed by atoms with Crippen LogP contribution in [0.3, 0.4) is 0 Å². The average molecular weight is 168 g/mol. The molecule has 0 radical (unpaired) electrons. The molecule has 0 aliphatic carbocycles. The summed E-state index contributed by atoms with van der Waals surface area (Å²) in [5, 5.41) is 12.4. The second-order valence-electron chi connectivity index (χ2n) is 2.53. The van der Waals surface area contributed by atoms with E-state index in [1.165, 1.54) is 6.34 Å². The highest BCUT2D eigenvalue weighted by Gasteiger charge is 2.06. The maximum atomic E-state index is 8.29. The molecule has 0 spiro atoms. The van der Waals surface area contributed by atoms with Crippen molar-refractivity contribution in [3.8, 4) is 0 Å². The van der Waals surface area contributed by atoms with E-state index in [2.05, 4.69) is 10.1 Å². The molecule has 0 atom stereocenters. The first-order chi connectivity index (χ1) is 5.66. The third-order valence-electron chi connectivity index (χ3n) is 1.72. The van der Waals surface area contributed by atoms with E-state index in [4.69, 9.17) is 5.21 Å². The van der Waals surface area contributed by atoms with Crippen LogP contribution in [0.1, 0.15) is 11.4 Å². The minimum absolute atomic E-state index is 0.791. The van der Waals surface area contributed by atoms with Gasteiger partial charge >= 0.3 is 0 Å². The van der Waals surface area contributed by atoms with Crippen LogP contribution in [-0.2, 0) is 7.05 Å². The lowest BCUT2D eigenvalue weighted by atomic mass is 10.3. The number of hydrogen-bond donors (Lipinski definition) is 2. The van der Waals surface area contributed by atoms with E-state index in [1.807, 2.05) is 26.4 Å². The van der Waals surface area contributed by atoms with Crippen LogP contribution in [0.25, 0.3) is 0 Å². The minimum Gasteiger partial charge on any atom is -0.290 e. The molecule has 5 nitrogen and oxygen atoms in total. The van der Waals surface area contributed by atoms with Crippen LogP contribution in [-0.4, -0.2) is 21.3 Å². The predicted molar refractivity (Wildman–Crippen MR) is 45.8 cm³/mol. The number of nitrogens with one attached hydrogen (secondary N) is 1. The standard InChI is InChI=1S/C7H12N4O/c1-5-7(8-4-9-12)6(2)11(3)10-5/h4,12H,1-3H3,(H,8,9). The van der Waals surface area contributed by atoms with E-state index >= 15 is 0 Å². The number of rotatable bonds is 2. The van der Waals surface area contributed by atoms with Gasteiger partial charge in [-0.2, -0.15) is 5.10 Å². The van der Waals surface area contributed by atoms with Crippen LogP contribution < -0.4 is 5.48 Å². The fourth-order valence-corrected chi connectivity index (χ4v) is 1.04. The summed E-state index contributed by atoms with van der Waals surface area (Å²) in [5.74, 6) is 0. The Labute approximate surface area is 70.7 Å². The van der Waals surface area contributed by atoms with Crippen LogP contribution >= 0.6 is 0 Å². The van der Waals surface area contributed by atoms with Crippen molar-refractivity contribution in [2.45, 2.75) is 13.8 Å². The van der Waals surface area contributed by atoms with Gasteiger partial charge in [-0.1, -0.05) is 0 Å². The Bertz CT molecular complexity index is 303. The summed E-state index contributed by atoms with van der Waals surface area (Å²) >= 11 is 0. The summed E-state index contributed by atoms with van der Waals surface area (Å²) in [5.41, 5.74) is 4.46. The lowest BCUT2D eigenvalue weighted by Crippen LogP contribution is -2.01. The van der Waals surface area contributed by atoms with Crippen LogP contribution in [0.2, 0.25) is 0 Å². The van der Waals surface area contributed by atoms with Gasteiger partial charge in [0, 0.05) is 7.05 Å². The highest BCUT2D eigenvalue weighted by Crippen LogP contribution is 2.20. The molecule has 0 saturated carbocycles. The van der Waals surface area contributed by atoms with Crippen molar-refractivity contribution in [3.63, 3.8) is 0 Å². The monoisotopic (exact) mass is 168 g/mol. The highest BCUT2D eigenvalue weighted by molar-refractivity contribution is 5.62. The molecule has 0 amide bonds. The smallest absolute Gasteiger partial charge is 0.113 e. The zero-order valence-corrected chi connectivity index (χ0v) is 7.37. The van der Waals surface area contributed by atoms with Gasteiger partial charge in [0.15, 0.2) is 0 Å². The van der Waals surface area contributed by atoms with Crippen LogP contribution in [0.4, 0.5) is 5.69 Å². The Morgan fingerprint density at radius 1 is 1.58 bits per heavy atom. The van der Waals surface area contributed by atoms with Gasteiger partial charge in [-0.25, -0.2) is 4.99 Å². The molecule has 0 saturated heterocycles.